The van der Waals surface area contributed by atoms with Gasteiger partial charge >= 0.3 is 5.97 Å². The average molecular weight is 379 g/mol. The summed E-state index contributed by atoms with van der Waals surface area (Å²) in [5.74, 6) is -2.54. The van der Waals surface area contributed by atoms with E-state index in [0.29, 0.717) is 0 Å². The van der Waals surface area contributed by atoms with E-state index < -0.39 is 24.3 Å². The first-order chi connectivity index (χ1) is 12.4. The van der Waals surface area contributed by atoms with Crippen LogP contribution in [-0.2, 0) is 25.5 Å². The van der Waals surface area contributed by atoms with Gasteiger partial charge in [-0.25, -0.2) is 4.39 Å². The summed E-state index contributed by atoms with van der Waals surface area (Å²) in [5, 5.41) is 4.85. The molecule has 0 unspecified atom stereocenters. The highest BCUT2D eigenvalue weighted by Gasteiger charge is 2.12. The van der Waals surface area contributed by atoms with Crippen molar-refractivity contribution in [2.24, 2.45) is 0 Å². The first-order valence-electron chi connectivity index (χ1n) is 7.65. The summed E-state index contributed by atoms with van der Waals surface area (Å²) in [5.41, 5.74) is 0.731. The van der Waals surface area contributed by atoms with Gasteiger partial charge in [0, 0.05) is 5.02 Å². The maximum Gasteiger partial charge on any atom is 0.325 e. The Morgan fingerprint density at radius 3 is 2.46 bits per heavy atom. The van der Waals surface area contributed by atoms with Crippen LogP contribution < -0.4 is 10.6 Å². The molecule has 0 bridgehead atoms. The van der Waals surface area contributed by atoms with Crippen molar-refractivity contribution in [2.45, 2.75) is 6.42 Å². The second-order valence-corrected chi connectivity index (χ2v) is 5.71. The standard InChI is InChI=1S/C18H16ClFN2O4/c19-13-6-7-15(14(20)9-13)22-17(24)11-26-18(25)10-21-16(23)8-12-4-2-1-3-5-12/h1-7,9H,8,10-11H2,(H,21,23)(H,22,24). The topological polar surface area (TPSA) is 84.5 Å². The summed E-state index contributed by atoms with van der Waals surface area (Å²) in [6, 6.07) is 12.8. The molecule has 0 heterocycles. The number of halogens is 2. The van der Waals surface area contributed by atoms with E-state index in [1.165, 1.54) is 12.1 Å². The maximum absolute atomic E-state index is 13.5. The number of ether oxygens (including phenoxy) is 1. The third-order valence-corrected chi connectivity index (χ3v) is 3.44. The number of anilines is 1. The molecule has 2 rings (SSSR count). The van der Waals surface area contributed by atoms with Gasteiger partial charge < -0.3 is 15.4 Å². The number of carbonyl (C=O) groups excluding carboxylic acids is 3. The lowest BCUT2D eigenvalue weighted by Gasteiger charge is -2.08. The first kappa shape index (κ1) is 19.4. The monoisotopic (exact) mass is 378 g/mol. The van der Waals surface area contributed by atoms with Gasteiger partial charge in [-0.3, -0.25) is 14.4 Å². The number of hydrogen-bond acceptors (Lipinski definition) is 4. The van der Waals surface area contributed by atoms with Crippen LogP contribution in [0.5, 0.6) is 0 Å². The number of amides is 2. The lowest BCUT2D eigenvalue weighted by Crippen LogP contribution is -2.33. The Labute approximate surface area is 154 Å². The molecule has 0 radical (unpaired) electrons. The fourth-order valence-corrected chi connectivity index (χ4v) is 2.15. The second-order valence-electron chi connectivity index (χ2n) is 5.27. The molecule has 0 spiro atoms. The van der Waals surface area contributed by atoms with Crippen LogP contribution in [-0.4, -0.2) is 30.9 Å². The van der Waals surface area contributed by atoms with E-state index in [1.54, 1.807) is 24.3 Å². The predicted molar refractivity (Wildman–Crippen MR) is 94.2 cm³/mol. The number of rotatable bonds is 7. The van der Waals surface area contributed by atoms with Gasteiger partial charge in [0.2, 0.25) is 5.91 Å². The number of carbonyl (C=O) groups is 3. The van der Waals surface area contributed by atoms with Crippen LogP contribution >= 0.6 is 11.6 Å². The Bertz CT molecular complexity index is 799. The number of benzene rings is 2. The van der Waals surface area contributed by atoms with Gasteiger partial charge in [-0.15, -0.1) is 0 Å². The van der Waals surface area contributed by atoms with E-state index in [4.69, 9.17) is 16.3 Å². The molecule has 2 aromatic rings. The number of hydrogen-bond donors (Lipinski definition) is 2. The van der Waals surface area contributed by atoms with Crippen LogP contribution in [0.4, 0.5) is 10.1 Å². The summed E-state index contributed by atoms with van der Waals surface area (Å²) in [6.07, 6.45) is 0.129. The average Bonchev–Trinajstić information content (AvgIpc) is 2.61. The van der Waals surface area contributed by atoms with Crippen molar-refractivity contribution < 1.29 is 23.5 Å². The van der Waals surface area contributed by atoms with Crippen molar-refractivity contribution in [1.29, 1.82) is 0 Å². The molecule has 136 valence electrons. The Hall–Kier alpha value is -2.93. The summed E-state index contributed by atoms with van der Waals surface area (Å²) in [4.78, 5) is 34.9. The molecule has 0 aliphatic carbocycles. The largest absolute Gasteiger partial charge is 0.454 e. The Balaban J connectivity index is 1.69. The van der Waals surface area contributed by atoms with Crippen LogP contribution in [0, 0.1) is 5.82 Å². The van der Waals surface area contributed by atoms with Gasteiger partial charge in [0.15, 0.2) is 6.61 Å². The molecule has 2 amide bonds. The Morgan fingerprint density at radius 1 is 1.04 bits per heavy atom. The smallest absolute Gasteiger partial charge is 0.325 e. The quantitative estimate of drug-likeness (QED) is 0.724. The minimum Gasteiger partial charge on any atom is -0.454 e. The molecule has 0 fully saturated rings. The minimum absolute atomic E-state index is 0.0772. The summed E-state index contributed by atoms with van der Waals surface area (Å²) < 4.78 is 18.3. The fraction of sp³-hybridized carbons (Fsp3) is 0.167. The van der Waals surface area contributed by atoms with Crippen LogP contribution in [0.1, 0.15) is 5.56 Å². The van der Waals surface area contributed by atoms with Crippen molar-refractivity contribution in [1.82, 2.24) is 5.32 Å². The normalized spacial score (nSPS) is 10.1. The van der Waals surface area contributed by atoms with E-state index >= 15 is 0 Å². The fourth-order valence-electron chi connectivity index (χ4n) is 1.99. The maximum atomic E-state index is 13.5. The van der Waals surface area contributed by atoms with E-state index in [-0.39, 0.29) is 29.6 Å². The molecule has 0 atom stereocenters. The second kappa shape index (κ2) is 9.53. The van der Waals surface area contributed by atoms with E-state index in [9.17, 15) is 18.8 Å². The molecule has 0 aromatic heterocycles. The van der Waals surface area contributed by atoms with Crippen molar-refractivity contribution in [3.05, 3.63) is 64.9 Å². The zero-order chi connectivity index (χ0) is 18.9. The SMILES string of the molecule is O=C(Cc1ccccc1)NCC(=O)OCC(=O)Nc1ccc(Cl)cc1F. The molecular formula is C18H16ClFN2O4. The number of esters is 1. The minimum atomic E-state index is -0.780. The molecule has 0 saturated heterocycles. The van der Waals surface area contributed by atoms with Gasteiger partial charge in [-0.1, -0.05) is 41.9 Å². The van der Waals surface area contributed by atoms with Crippen LogP contribution in [0.25, 0.3) is 0 Å². The predicted octanol–water partition coefficient (Wildman–Crippen LogP) is 2.32. The van der Waals surface area contributed by atoms with E-state index in [1.807, 2.05) is 6.07 Å². The molecule has 0 aliphatic heterocycles. The highest BCUT2D eigenvalue weighted by atomic mass is 35.5. The first-order valence-corrected chi connectivity index (χ1v) is 8.03. The molecule has 2 N–H and O–H groups in total. The molecule has 0 saturated carbocycles. The van der Waals surface area contributed by atoms with Crippen LogP contribution in [0.2, 0.25) is 5.02 Å². The van der Waals surface area contributed by atoms with Crippen LogP contribution in [0.3, 0.4) is 0 Å². The lowest BCUT2D eigenvalue weighted by molar-refractivity contribution is -0.147. The lowest BCUT2D eigenvalue weighted by atomic mass is 10.1. The third kappa shape index (κ3) is 6.52. The summed E-state index contributed by atoms with van der Waals surface area (Å²) in [6.45, 7) is -0.969. The highest BCUT2D eigenvalue weighted by molar-refractivity contribution is 6.30. The summed E-state index contributed by atoms with van der Waals surface area (Å²) in [7, 11) is 0. The van der Waals surface area contributed by atoms with Gasteiger partial charge in [0.25, 0.3) is 5.91 Å². The molecule has 2 aromatic carbocycles. The van der Waals surface area contributed by atoms with Crippen molar-refractivity contribution >= 4 is 35.1 Å². The van der Waals surface area contributed by atoms with Crippen molar-refractivity contribution in [3.8, 4) is 0 Å². The zero-order valence-electron chi connectivity index (χ0n) is 13.6. The van der Waals surface area contributed by atoms with Crippen molar-refractivity contribution in [3.63, 3.8) is 0 Å². The molecule has 8 heteroatoms. The number of nitrogens with one attached hydrogen (secondary N) is 2. The van der Waals surface area contributed by atoms with E-state index in [2.05, 4.69) is 10.6 Å². The molecule has 0 aliphatic rings. The van der Waals surface area contributed by atoms with Gasteiger partial charge in [-0.2, -0.15) is 0 Å². The molecular weight excluding hydrogens is 363 g/mol. The highest BCUT2D eigenvalue weighted by Crippen LogP contribution is 2.18. The van der Waals surface area contributed by atoms with Crippen molar-refractivity contribution in [2.75, 3.05) is 18.5 Å². The third-order valence-electron chi connectivity index (χ3n) is 3.21. The Morgan fingerprint density at radius 2 is 1.77 bits per heavy atom. The molecule has 6 nitrogen and oxygen atoms in total. The Kier molecular flexibility index (Phi) is 7.11. The van der Waals surface area contributed by atoms with Crippen LogP contribution in [0.15, 0.2) is 48.5 Å². The van der Waals surface area contributed by atoms with Gasteiger partial charge in [0.05, 0.1) is 12.1 Å². The van der Waals surface area contributed by atoms with Gasteiger partial charge in [-0.05, 0) is 23.8 Å². The van der Waals surface area contributed by atoms with Gasteiger partial charge in [0.1, 0.15) is 12.4 Å². The van der Waals surface area contributed by atoms with E-state index in [0.717, 1.165) is 11.6 Å². The molecule has 26 heavy (non-hydrogen) atoms. The zero-order valence-corrected chi connectivity index (χ0v) is 14.4. The summed E-state index contributed by atoms with van der Waals surface area (Å²) >= 11 is 5.61.